The summed E-state index contributed by atoms with van der Waals surface area (Å²) in [5.74, 6) is 5.46. The van der Waals surface area contributed by atoms with Crippen LogP contribution in [-0.2, 0) is 19.7 Å². The number of nitrogens with one attached hydrogen (secondary N) is 2. The highest BCUT2D eigenvalue weighted by molar-refractivity contribution is 7.99. The first-order valence-electron chi connectivity index (χ1n) is 13.5. The van der Waals surface area contributed by atoms with Gasteiger partial charge in [0.15, 0.2) is 0 Å². The number of anilines is 2. The van der Waals surface area contributed by atoms with Gasteiger partial charge in [-0.3, -0.25) is 14.6 Å². The zero-order chi connectivity index (χ0) is 31.9. The summed E-state index contributed by atoms with van der Waals surface area (Å²) < 4.78 is 7.20. The van der Waals surface area contributed by atoms with Crippen molar-refractivity contribution in [3.8, 4) is 17.5 Å². The number of ether oxygens (including phenoxy) is 1. The predicted octanol–water partition coefficient (Wildman–Crippen LogP) is 6.18. The van der Waals surface area contributed by atoms with Gasteiger partial charge in [0.1, 0.15) is 12.2 Å². The molecule has 2 heterocycles. The SMILES string of the molecule is CC(C)(C#Cc1ccc(NC(=O)CSc2nnnn2-c2ccc(C(C)(C)C)cc2Cl)c(Cl)c1)OCC(=O)Nc1ccncc1. The Morgan fingerprint density at radius 3 is 2.39 bits per heavy atom. The molecule has 228 valence electrons. The van der Waals surface area contributed by atoms with Crippen LogP contribution < -0.4 is 10.6 Å². The number of thioether (sulfide) groups is 1. The molecule has 2 aromatic heterocycles. The zero-order valence-electron chi connectivity index (χ0n) is 24.8. The second kappa shape index (κ2) is 14.2. The highest BCUT2D eigenvalue weighted by Gasteiger charge is 2.19. The first kappa shape index (κ1) is 33.0. The van der Waals surface area contributed by atoms with Gasteiger partial charge in [0.25, 0.3) is 0 Å². The van der Waals surface area contributed by atoms with Gasteiger partial charge >= 0.3 is 0 Å². The third-order valence-corrected chi connectivity index (χ3v) is 7.63. The monoisotopic (exact) mass is 651 g/mol. The Bertz CT molecular complexity index is 1710. The number of carbonyl (C=O) groups excluding carboxylic acids is 2. The molecule has 4 rings (SSSR count). The van der Waals surface area contributed by atoms with Crippen molar-refractivity contribution in [1.29, 1.82) is 0 Å². The fourth-order valence-corrected chi connectivity index (χ4v) is 4.89. The Hall–Kier alpha value is -3.95. The fraction of sp³-hybridized carbons (Fsp3) is 0.290. The van der Waals surface area contributed by atoms with Crippen LogP contribution in [0.15, 0.2) is 66.1 Å². The van der Waals surface area contributed by atoms with Crippen LogP contribution in [0.2, 0.25) is 10.0 Å². The number of nitrogens with zero attached hydrogens (tertiary/aromatic N) is 5. The Kier molecular flexibility index (Phi) is 10.7. The third-order valence-electron chi connectivity index (χ3n) is 6.09. The van der Waals surface area contributed by atoms with Crippen LogP contribution in [0.25, 0.3) is 5.69 Å². The van der Waals surface area contributed by atoms with Gasteiger partial charge in [-0.1, -0.05) is 73.6 Å². The molecule has 0 saturated carbocycles. The summed E-state index contributed by atoms with van der Waals surface area (Å²) >= 11 is 14.2. The lowest BCUT2D eigenvalue weighted by Crippen LogP contribution is -2.28. The molecule has 0 atom stereocenters. The maximum atomic E-state index is 12.7. The Labute approximate surface area is 270 Å². The normalized spacial score (nSPS) is 11.4. The van der Waals surface area contributed by atoms with Gasteiger partial charge in [-0.2, -0.15) is 4.68 Å². The molecule has 0 fully saturated rings. The van der Waals surface area contributed by atoms with Crippen LogP contribution in [0.3, 0.4) is 0 Å². The Morgan fingerprint density at radius 2 is 1.70 bits per heavy atom. The molecule has 0 aliphatic carbocycles. The first-order valence-corrected chi connectivity index (χ1v) is 15.2. The molecule has 4 aromatic rings. The van der Waals surface area contributed by atoms with Gasteiger partial charge in [-0.05, 0) is 77.7 Å². The topological polar surface area (TPSA) is 124 Å². The summed E-state index contributed by atoms with van der Waals surface area (Å²) in [4.78, 5) is 28.8. The number of tetrazole rings is 1. The number of amides is 2. The third kappa shape index (κ3) is 9.27. The van der Waals surface area contributed by atoms with Crippen LogP contribution in [0, 0.1) is 11.8 Å². The molecular weight excluding hydrogens is 621 g/mol. The van der Waals surface area contributed by atoms with Gasteiger partial charge in [0.2, 0.25) is 17.0 Å². The largest absolute Gasteiger partial charge is 0.353 e. The molecular formula is C31H31Cl2N7O3S. The van der Waals surface area contributed by atoms with Crippen molar-refractivity contribution in [3.05, 3.63) is 82.1 Å². The van der Waals surface area contributed by atoms with E-state index in [0.717, 1.165) is 5.56 Å². The quantitative estimate of drug-likeness (QED) is 0.162. The van der Waals surface area contributed by atoms with Crippen molar-refractivity contribution in [2.45, 2.75) is 50.8 Å². The van der Waals surface area contributed by atoms with E-state index in [0.29, 0.717) is 37.8 Å². The van der Waals surface area contributed by atoms with Crippen molar-refractivity contribution in [2.75, 3.05) is 23.0 Å². The van der Waals surface area contributed by atoms with Gasteiger partial charge < -0.3 is 15.4 Å². The molecule has 0 bridgehead atoms. The zero-order valence-corrected chi connectivity index (χ0v) is 27.1. The lowest BCUT2D eigenvalue weighted by atomic mass is 9.87. The van der Waals surface area contributed by atoms with Crippen LogP contribution >= 0.6 is 35.0 Å². The van der Waals surface area contributed by atoms with E-state index in [4.69, 9.17) is 27.9 Å². The molecule has 44 heavy (non-hydrogen) atoms. The van der Waals surface area contributed by atoms with Crippen LogP contribution in [0.4, 0.5) is 11.4 Å². The van der Waals surface area contributed by atoms with Crippen molar-refractivity contribution in [3.63, 3.8) is 0 Å². The maximum Gasteiger partial charge on any atom is 0.250 e. The van der Waals surface area contributed by atoms with E-state index in [-0.39, 0.29) is 29.6 Å². The minimum atomic E-state index is -0.902. The molecule has 0 radical (unpaired) electrons. The van der Waals surface area contributed by atoms with Crippen LogP contribution in [0.1, 0.15) is 45.7 Å². The van der Waals surface area contributed by atoms with E-state index < -0.39 is 5.60 Å². The molecule has 0 aliphatic rings. The number of halogens is 2. The van der Waals surface area contributed by atoms with Crippen molar-refractivity contribution >= 4 is 58.2 Å². The molecule has 2 N–H and O–H groups in total. The van der Waals surface area contributed by atoms with Crippen molar-refractivity contribution < 1.29 is 14.3 Å². The van der Waals surface area contributed by atoms with E-state index >= 15 is 0 Å². The van der Waals surface area contributed by atoms with E-state index in [1.165, 1.54) is 16.4 Å². The van der Waals surface area contributed by atoms with E-state index in [1.807, 2.05) is 18.2 Å². The summed E-state index contributed by atoms with van der Waals surface area (Å²) in [6.45, 7) is 9.67. The number of hydrogen-bond acceptors (Lipinski definition) is 8. The number of carbonyl (C=O) groups is 2. The molecule has 0 spiro atoms. The molecule has 2 aromatic carbocycles. The molecule has 2 amide bonds. The molecule has 0 aliphatic heterocycles. The number of pyridine rings is 1. The lowest BCUT2D eigenvalue weighted by molar-refractivity contribution is -0.123. The van der Waals surface area contributed by atoms with Gasteiger partial charge in [0, 0.05) is 23.6 Å². The fourth-order valence-electron chi connectivity index (χ4n) is 3.71. The summed E-state index contributed by atoms with van der Waals surface area (Å²) in [6, 6.07) is 14.2. The Balaban J connectivity index is 1.31. The second-order valence-corrected chi connectivity index (χ2v) is 12.9. The summed E-state index contributed by atoms with van der Waals surface area (Å²) in [7, 11) is 0. The average molecular weight is 653 g/mol. The molecule has 13 heteroatoms. The van der Waals surface area contributed by atoms with Crippen LogP contribution in [0.5, 0.6) is 0 Å². The summed E-state index contributed by atoms with van der Waals surface area (Å²) in [5.41, 5.74) is 2.43. The second-order valence-electron chi connectivity index (χ2n) is 11.2. The predicted molar refractivity (Wildman–Crippen MR) is 173 cm³/mol. The van der Waals surface area contributed by atoms with Crippen molar-refractivity contribution in [1.82, 2.24) is 25.2 Å². The van der Waals surface area contributed by atoms with E-state index in [2.05, 4.69) is 63.8 Å². The lowest BCUT2D eigenvalue weighted by Gasteiger charge is -2.20. The molecule has 10 nitrogen and oxygen atoms in total. The van der Waals surface area contributed by atoms with E-state index in [9.17, 15) is 9.59 Å². The minimum Gasteiger partial charge on any atom is -0.353 e. The minimum absolute atomic E-state index is 0.0379. The number of aromatic nitrogens is 5. The first-order chi connectivity index (χ1) is 20.8. The molecule has 0 unspecified atom stereocenters. The highest BCUT2D eigenvalue weighted by atomic mass is 35.5. The van der Waals surface area contributed by atoms with Crippen molar-refractivity contribution in [2.24, 2.45) is 0 Å². The summed E-state index contributed by atoms with van der Waals surface area (Å²) in [5, 5.41) is 18.6. The number of hydrogen-bond donors (Lipinski definition) is 2. The standard InChI is InChI=1S/C31H31Cl2N7O3S/c1-30(2,3)21-7-9-26(24(33)17-21)40-29(37-38-39-40)44-19-28(42)36-25-8-6-20(16-23(25)32)10-13-31(4,5)43-18-27(41)35-22-11-14-34-15-12-22/h6-9,11-12,14-17H,18-19H2,1-5H3,(H,36,42)(H,34,35,41). The average Bonchev–Trinajstić information content (AvgIpc) is 3.44. The number of rotatable bonds is 9. The van der Waals surface area contributed by atoms with Gasteiger partial charge in [-0.25, -0.2) is 0 Å². The summed E-state index contributed by atoms with van der Waals surface area (Å²) in [6.07, 6.45) is 3.17. The van der Waals surface area contributed by atoms with Gasteiger partial charge in [0.05, 0.1) is 27.2 Å². The Morgan fingerprint density at radius 1 is 0.955 bits per heavy atom. The highest BCUT2D eigenvalue weighted by Crippen LogP contribution is 2.30. The van der Waals surface area contributed by atoms with Gasteiger partial charge in [-0.15, -0.1) is 5.10 Å². The van der Waals surface area contributed by atoms with E-state index in [1.54, 1.807) is 56.6 Å². The molecule has 0 saturated heterocycles. The maximum absolute atomic E-state index is 12.7. The smallest absolute Gasteiger partial charge is 0.250 e. The van der Waals surface area contributed by atoms with Crippen LogP contribution in [-0.4, -0.2) is 55.0 Å². The number of benzene rings is 2.